The summed E-state index contributed by atoms with van der Waals surface area (Å²) >= 11 is 0. The number of hydrogen-bond acceptors (Lipinski definition) is 2. The van der Waals surface area contributed by atoms with Gasteiger partial charge in [0.2, 0.25) is 0 Å². The molecule has 0 unspecified atom stereocenters. The molecule has 0 rings (SSSR count). The van der Waals surface area contributed by atoms with Crippen LogP contribution in [0.2, 0.25) is 0 Å². The fourth-order valence-corrected chi connectivity index (χ4v) is 1.48. The smallest absolute Gasteiger partial charge is 0.160 e. The van der Waals surface area contributed by atoms with Crippen LogP contribution >= 0.6 is 0 Å². The molecule has 0 aromatic rings. The van der Waals surface area contributed by atoms with Crippen molar-refractivity contribution in [1.82, 2.24) is 0 Å². The normalized spacial score (nSPS) is 16.0. The Hall–Kier alpha value is -0.630. The van der Waals surface area contributed by atoms with E-state index in [9.17, 15) is 9.90 Å². The maximum absolute atomic E-state index is 11.7. The Kier molecular flexibility index (Phi) is 7.31. The first kappa shape index (κ1) is 15.4. The summed E-state index contributed by atoms with van der Waals surface area (Å²) in [5.74, 6) is 0.740. The summed E-state index contributed by atoms with van der Waals surface area (Å²) in [4.78, 5) is 11.7. The van der Waals surface area contributed by atoms with Gasteiger partial charge in [-0.2, -0.15) is 0 Å². The SMILES string of the molecule is CC(C)C/C=C/C(=O)[C@H](C)[C@@H](O)CC(C)C. The maximum atomic E-state index is 11.7. The van der Waals surface area contributed by atoms with Crippen molar-refractivity contribution in [3.05, 3.63) is 12.2 Å². The van der Waals surface area contributed by atoms with Crippen LogP contribution in [0, 0.1) is 17.8 Å². The molecule has 0 aliphatic rings. The Balaban J connectivity index is 4.12. The fourth-order valence-electron chi connectivity index (χ4n) is 1.48. The number of allylic oxidation sites excluding steroid dienone is 2. The van der Waals surface area contributed by atoms with Crippen LogP contribution in [0.4, 0.5) is 0 Å². The number of rotatable bonds is 7. The van der Waals surface area contributed by atoms with Crippen molar-refractivity contribution < 1.29 is 9.90 Å². The molecule has 0 aromatic carbocycles. The second-order valence-electron chi connectivity index (χ2n) is 5.42. The van der Waals surface area contributed by atoms with E-state index >= 15 is 0 Å². The molecule has 16 heavy (non-hydrogen) atoms. The predicted molar refractivity (Wildman–Crippen MR) is 68.2 cm³/mol. The van der Waals surface area contributed by atoms with Crippen molar-refractivity contribution in [2.45, 2.75) is 53.6 Å². The lowest BCUT2D eigenvalue weighted by atomic mass is 9.92. The number of hydrogen-bond donors (Lipinski definition) is 1. The number of aliphatic hydroxyl groups excluding tert-OH is 1. The van der Waals surface area contributed by atoms with E-state index in [1.54, 1.807) is 13.0 Å². The summed E-state index contributed by atoms with van der Waals surface area (Å²) in [5.41, 5.74) is 0. The first-order chi connectivity index (χ1) is 7.34. The average molecular weight is 226 g/mol. The van der Waals surface area contributed by atoms with Crippen LogP contribution in [-0.2, 0) is 4.79 Å². The van der Waals surface area contributed by atoms with E-state index < -0.39 is 6.10 Å². The van der Waals surface area contributed by atoms with Crippen molar-refractivity contribution in [3.63, 3.8) is 0 Å². The summed E-state index contributed by atoms with van der Waals surface area (Å²) in [6.45, 7) is 10.1. The van der Waals surface area contributed by atoms with Crippen molar-refractivity contribution in [3.8, 4) is 0 Å². The van der Waals surface area contributed by atoms with E-state index in [2.05, 4.69) is 27.7 Å². The third-order valence-corrected chi connectivity index (χ3v) is 2.63. The first-order valence-electron chi connectivity index (χ1n) is 6.23. The molecule has 0 aromatic heterocycles. The van der Waals surface area contributed by atoms with Gasteiger partial charge in [0.1, 0.15) is 0 Å². The third-order valence-electron chi connectivity index (χ3n) is 2.63. The van der Waals surface area contributed by atoms with Crippen molar-refractivity contribution >= 4 is 5.78 Å². The van der Waals surface area contributed by atoms with Crippen molar-refractivity contribution in [1.29, 1.82) is 0 Å². The van der Waals surface area contributed by atoms with E-state index in [4.69, 9.17) is 0 Å². The summed E-state index contributed by atoms with van der Waals surface area (Å²) in [6.07, 6.45) is 4.61. The van der Waals surface area contributed by atoms with Crippen LogP contribution in [0.1, 0.15) is 47.5 Å². The van der Waals surface area contributed by atoms with Crippen molar-refractivity contribution in [2.24, 2.45) is 17.8 Å². The van der Waals surface area contributed by atoms with Gasteiger partial charge in [0.15, 0.2) is 5.78 Å². The highest BCUT2D eigenvalue weighted by molar-refractivity contribution is 5.91. The minimum absolute atomic E-state index is 0.0359. The Morgan fingerprint density at radius 3 is 2.12 bits per heavy atom. The molecule has 0 bridgehead atoms. The molecule has 0 aliphatic carbocycles. The highest BCUT2D eigenvalue weighted by atomic mass is 16.3. The molecule has 94 valence electrons. The number of ketones is 1. The van der Waals surface area contributed by atoms with Crippen LogP contribution in [0.3, 0.4) is 0 Å². The summed E-state index contributed by atoms with van der Waals surface area (Å²) in [6, 6.07) is 0. The Morgan fingerprint density at radius 1 is 1.12 bits per heavy atom. The van der Waals surface area contributed by atoms with E-state index in [1.165, 1.54) is 0 Å². The predicted octanol–water partition coefficient (Wildman–Crippen LogP) is 3.20. The Labute approximate surface area is 99.7 Å². The molecule has 0 amide bonds. The summed E-state index contributed by atoms with van der Waals surface area (Å²) < 4.78 is 0. The summed E-state index contributed by atoms with van der Waals surface area (Å²) in [7, 11) is 0. The largest absolute Gasteiger partial charge is 0.392 e. The van der Waals surface area contributed by atoms with Gasteiger partial charge in [-0.15, -0.1) is 0 Å². The fraction of sp³-hybridized carbons (Fsp3) is 0.786. The van der Waals surface area contributed by atoms with Gasteiger partial charge in [-0.05, 0) is 30.8 Å². The van der Waals surface area contributed by atoms with Gasteiger partial charge in [-0.25, -0.2) is 0 Å². The molecule has 0 fully saturated rings. The topological polar surface area (TPSA) is 37.3 Å². The van der Waals surface area contributed by atoms with Gasteiger partial charge >= 0.3 is 0 Å². The standard InChI is InChI=1S/C14H26O2/c1-10(2)7-6-8-13(15)12(5)14(16)9-11(3)4/h6,8,10-12,14,16H,7,9H2,1-5H3/b8-6+/t12-,14-/m0/s1. The van der Waals surface area contributed by atoms with Gasteiger partial charge in [-0.3, -0.25) is 4.79 Å². The molecular formula is C14H26O2. The highest BCUT2D eigenvalue weighted by Crippen LogP contribution is 2.14. The van der Waals surface area contributed by atoms with Gasteiger partial charge in [0, 0.05) is 5.92 Å². The average Bonchev–Trinajstić information content (AvgIpc) is 2.14. The lowest BCUT2D eigenvalue weighted by molar-refractivity contribution is -0.121. The van der Waals surface area contributed by atoms with Gasteiger partial charge < -0.3 is 5.11 Å². The van der Waals surface area contributed by atoms with E-state index in [0.29, 0.717) is 18.3 Å². The van der Waals surface area contributed by atoms with Gasteiger partial charge in [0.25, 0.3) is 0 Å². The lowest BCUT2D eigenvalue weighted by Gasteiger charge is -2.18. The molecule has 0 heterocycles. The number of carbonyl (C=O) groups excluding carboxylic acids is 1. The highest BCUT2D eigenvalue weighted by Gasteiger charge is 2.20. The van der Waals surface area contributed by atoms with Crippen LogP contribution in [-0.4, -0.2) is 17.0 Å². The van der Waals surface area contributed by atoms with Crippen LogP contribution in [0.5, 0.6) is 0 Å². The van der Waals surface area contributed by atoms with Crippen molar-refractivity contribution in [2.75, 3.05) is 0 Å². The molecule has 0 aliphatic heterocycles. The van der Waals surface area contributed by atoms with Gasteiger partial charge in [0.05, 0.1) is 6.10 Å². The number of aliphatic hydroxyl groups is 1. The summed E-state index contributed by atoms with van der Waals surface area (Å²) in [5, 5.41) is 9.81. The molecule has 2 nitrogen and oxygen atoms in total. The zero-order valence-electron chi connectivity index (χ0n) is 11.2. The lowest BCUT2D eigenvalue weighted by Crippen LogP contribution is -2.25. The zero-order valence-corrected chi connectivity index (χ0v) is 11.2. The number of carbonyl (C=O) groups is 1. The molecule has 0 spiro atoms. The van der Waals surface area contributed by atoms with Crippen LogP contribution in [0.15, 0.2) is 12.2 Å². The quantitative estimate of drug-likeness (QED) is 0.677. The minimum atomic E-state index is -0.517. The van der Waals surface area contributed by atoms with Crippen LogP contribution < -0.4 is 0 Å². The van der Waals surface area contributed by atoms with Gasteiger partial charge in [-0.1, -0.05) is 40.7 Å². The Morgan fingerprint density at radius 2 is 1.69 bits per heavy atom. The maximum Gasteiger partial charge on any atom is 0.160 e. The molecule has 0 radical (unpaired) electrons. The minimum Gasteiger partial charge on any atom is -0.392 e. The second-order valence-corrected chi connectivity index (χ2v) is 5.42. The molecule has 1 N–H and O–H groups in total. The molecular weight excluding hydrogens is 200 g/mol. The van der Waals surface area contributed by atoms with Crippen LogP contribution in [0.25, 0.3) is 0 Å². The van der Waals surface area contributed by atoms with E-state index in [-0.39, 0.29) is 11.7 Å². The molecule has 2 heteroatoms. The van der Waals surface area contributed by atoms with E-state index in [0.717, 1.165) is 6.42 Å². The molecule has 0 saturated carbocycles. The monoisotopic (exact) mass is 226 g/mol. The first-order valence-corrected chi connectivity index (χ1v) is 6.23. The molecule has 0 saturated heterocycles. The zero-order chi connectivity index (χ0) is 12.7. The third kappa shape index (κ3) is 6.78. The Bertz CT molecular complexity index is 229. The second kappa shape index (κ2) is 7.61. The van der Waals surface area contributed by atoms with E-state index in [1.807, 2.05) is 6.08 Å². The molecule has 2 atom stereocenters.